The zero-order chi connectivity index (χ0) is 15.5. The lowest BCUT2D eigenvalue weighted by Crippen LogP contribution is -2.33. The molecule has 0 atom stereocenters. The second-order valence-corrected chi connectivity index (χ2v) is 4.41. The molecule has 5 N–H and O–H groups in total. The Morgan fingerprint density at radius 1 is 1.09 bits per heavy atom. The fourth-order valence-corrected chi connectivity index (χ4v) is 1.63. The summed E-state index contributed by atoms with van der Waals surface area (Å²) in [6.45, 7) is 2.99. The molecule has 0 aliphatic rings. The van der Waals surface area contributed by atoms with Gasteiger partial charge in [0.05, 0.1) is 6.61 Å². The van der Waals surface area contributed by atoms with Gasteiger partial charge in [-0.2, -0.15) is 0 Å². The third kappa shape index (κ3) is 8.46. The van der Waals surface area contributed by atoms with Crippen LogP contribution in [0.25, 0.3) is 0 Å². The van der Waals surface area contributed by atoms with Gasteiger partial charge in [0.1, 0.15) is 0 Å². The van der Waals surface area contributed by atoms with Gasteiger partial charge in [-0.15, -0.1) is 12.4 Å². The Morgan fingerprint density at radius 3 is 2.36 bits per heavy atom. The monoisotopic (exact) mass is 330 g/mol. The van der Waals surface area contributed by atoms with Crippen molar-refractivity contribution in [1.29, 1.82) is 0 Å². The SMILES string of the molecule is COCCNCCNC(=O)c1ccc(CNC(N)=O)cc1.Cl. The van der Waals surface area contributed by atoms with Gasteiger partial charge < -0.3 is 26.4 Å². The van der Waals surface area contributed by atoms with Gasteiger partial charge in [-0.25, -0.2) is 4.79 Å². The van der Waals surface area contributed by atoms with Gasteiger partial charge in [0.25, 0.3) is 5.91 Å². The summed E-state index contributed by atoms with van der Waals surface area (Å²) < 4.78 is 4.90. The van der Waals surface area contributed by atoms with E-state index in [0.717, 1.165) is 12.1 Å². The summed E-state index contributed by atoms with van der Waals surface area (Å²) in [5.41, 5.74) is 6.45. The van der Waals surface area contributed by atoms with Gasteiger partial charge in [-0.3, -0.25) is 4.79 Å². The van der Waals surface area contributed by atoms with Crippen LogP contribution in [0.15, 0.2) is 24.3 Å². The van der Waals surface area contributed by atoms with Crippen LogP contribution in [0.1, 0.15) is 15.9 Å². The molecule has 0 heterocycles. The lowest BCUT2D eigenvalue weighted by atomic mass is 10.1. The molecule has 1 aromatic rings. The highest BCUT2D eigenvalue weighted by Crippen LogP contribution is 2.04. The van der Waals surface area contributed by atoms with Crippen molar-refractivity contribution in [3.8, 4) is 0 Å². The number of urea groups is 1. The number of halogens is 1. The summed E-state index contributed by atoms with van der Waals surface area (Å²) in [5, 5.41) is 8.44. The van der Waals surface area contributed by atoms with E-state index in [9.17, 15) is 9.59 Å². The van der Waals surface area contributed by atoms with E-state index in [1.165, 1.54) is 0 Å². The van der Waals surface area contributed by atoms with Crippen molar-refractivity contribution >= 4 is 24.3 Å². The van der Waals surface area contributed by atoms with Crippen LogP contribution in [0, 0.1) is 0 Å². The Morgan fingerprint density at radius 2 is 1.77 bits per heavy atom. The number of benzene rings is 1. The van der Waals surface area contributed by atoms with Crippen molar-refractivity contribution in [2.45, 2.75) is 6.54 Å². The first kappa shape index (κ1) is 20.2. The number of hydrogen-bond donors (Lipinski definition) is 4. The zero-order valence-electron chi connectivity index (χ0n) is 12.6. The molecule has 7 nitrogen and oxygen atoms in total. The molecule has 0 saturated heterocycles. The number of nitrogens with two attached hydrogens (primary N) is 1. The summed E-state index contributed by atoms with van der Waals surface area (Å²) >= 11 is 0. The molecule has 0 aliphatic carbocycles. The lowest BCUT2D eigenvalue weighted by Gasteiger charge is -2.07. The molecular formula is C14H23ClN4O3. The van der Waals surface area contributed by atoms with Crippen LogP contribution < -0.4 is 21.7 Å². The van der Waals surface area contributed by atoms with Crippen LogP contribution in [0.2, 0.25) is 0 Å². The average Bonchev–Trinajstić information content (AvgIpc) is 2.49. The first-order valence-electron chi connectivity index (χ1n) is 6.73. The smallest absolute Gasteiger partial charge is 0.312 e. The topological polar surface area (TPSA) is 105 Å². The molecule has 0 bridgehead atoms. The summed E-state index contributed by atoms with van der Waals surface area (Å²) in [6.07, 6.45) is 0. The van der Waals surface area contributed by atoms with E-state index >= 15 is 0 Å². The minimum atomic E-state index is -0.571. The van der Waals surface area contributed by atoms with Crippen LogP contribution in [0.3, 0.4) is 0 Å². The van der Waals surface area contributed by atoms with Crippen molar-refractivity contribution in [2.24, 2.45) is 5.73 Å². The summed E-state index contributed by atoms with van der Waals surface area (Å²) in [7, 11) is 1.64. The number of amides is 3. The molecule has 1 aromatic carbocycles. The largest absolute Gasteiger partial charge is 0.383 e. The third-order valence-electron chi connectivity index (χ3n) is 2.75. The van der Waals surface area contributed by atoms with E-state index in [1.54, 1.807) is 31.4 Å². The van der Waals surface area contributed by atoms with Crippen molar-refractivity contribution in [1.82, 2.24) is 16.0 Å². The molecule has 0 radical (unpaired) electrons. The van der Waals surface area contributed by atoms with Crippen molar-refractivity contribution in [3.63, 3.8) is 0 Å². The molecule has 0 unspecified atom stereocenters. The van der Waals surface area contributed by atoms with Crippen molar-refractivity contribution in [3.05, 3.63) is 35.4 Å². The van der Waals surface area contributed by atoms with Gasteiger partial charge in [-0.1, -0.05) is 12.1 Å². The highest BCUT2D eigenvalue weighted by atomic mass is 35.5. The lowest BCUT2D eigenvalue weighted by molar-refractivity contribution is 0.0953. The van der Waals surface area contributed by atoms with Gasteiger partial charge >= 0.3 is 6.03 Å². The first-order chi connectivity index (χ1) is 10.1. The predicted octanol–water partition coefficient (Wildman–Crippen LogP) is 0.243. The van der Waals surface area contributed by atoms with E-state index in [-0.39, 0.29) is 18.3 Å². The number of nitrogens with one attached hydrogen (secondary N) is 3. The average molecular weight is 331 g/mol. The number of carbonyl (C=O) groups is 2. The van der Waals surface area contributed by atoms with Crippen LogP contribution in [0.4, 0.5) is 4.79 Å². The standard InChI is InChI=1S/C14H22N4O3.ClH/c1-21-9-8-16-6-7-17-13(19)12-4-2-11(3-5-12)10-18-14(15)20;/h2-5,16H,6-10H2,1H3,(H,17,19)(H3,15,18,20);1H. The Kier molecular flexibility index (Phi) is 10.8. The normalized spacial score (nSPS) is 9.68. The number of methoxy groups -OCH3 is 1. The number of ether oxygens (including phenoxy) is 1. The minimum absolute atomic E-state index is 0. The fourth-order valence-electron chi connectivity index (χ4n) is 1.63. The molecule has 3 amide bonds. The summed E-state index contributed by atoms with van der Waals surface area (Å²) in [5.74, 6) is -0.127. The van der Waals surface area contributed by atoms with Gasteiger partial charge in [0.2, 0.25) is 0 Å². The molecular weight excluding hydrogens is 308 g/mol. The van der Waals surface area contributed by atoms with Gasteiger partial charge in [0, 0.05) is 38.9 Å². The van der Waals surface area contributed by atoms with Crippen molar-refractivity contribution < 1.29 is 14.3 Å². The Balaban J connectivity index is 0.00000441. The minimum Gasteiger partial charge on any atom is -0.383 e. The van der Waals surface area contributed by atoms with Gasteiger partial charge in [-0.05, 0) is 17.7 Å². The van der Waals surface area contributed by atoms with E-state index in [2.05, 4.69) is 16.0 Å². The quantitative estimate of drug-likeness (QED) is 0.487. The maximum absolute atomic E-state index is 11.9. The molecule has 0 spiro atoms. The highest BCUT2D eigenvalue weighted by Gasteiger charge is 2.04. The molecule has 1 rings (SSSR count). The number of rotatable bonds is 9. The summed E-state index contributed by atoms with van der Waals surface area (Å²) in [6, 6.07) is 6.42. The number of carbonyl (C=O) groups excluding carboxylic acids is 2. The van der Waals surface area contributed by atoms with Gasteiger partial charge in [0.15, 0.2) is 0 Å². The first-order valence-corrected chi connectivity index (χ1v) is 6.73. The molecule has 0 aromatic heterocycles. The van der Waals surface area contributed by atoms with E-state index in [0.29, 0.717) is 31.8 Å². The molecule has 22 heavy (non-hydrogen) atoms. The third-order valence-corrected chi connectivity index (χ3v) is 2.75. The Bertz CT molecular complexity index is 454. The van der Waals surface area contributed by atoms with Crippen LogP contribution >= 0.6 is 12.4 Å². The number of hydrogen-bond acceptors (Lipinski definition) is 4. The van der Waals surface area contributed by atoms with Crippen LogP contribution in [0.5, 0.6) is 0 Å². The maximum atomic E-state index is 11.9. The zero-order valence-corrected chi connectivity index (χ0v) is 13.4. The second-order valence-electron chi connectivity index (χ2n) is 4.41. The Labute approximate surface area is 136 Å². The highest BCUT2D eigenvalue weighted by molar-refractivity contribution is 5.94. The molecule has 0 aliphatic heterocycles. The van der Waals surface area contributed by atoms with Crippen molar-refractivity contribution in [2.75, 3.05) is 33.4 Å². The van der Waals surface area contributed by atoms with Crippen LogP contribution in [-0.2, 0) is 11.3 Å². The van der Waals surface area contributed by atoms with E-state index in [4.69, 9.17) is 10.5 Å². The molecule has 8 heteroatoms. The molecule has 0 fully saturated rings. The van der Waals surface area contributed by atoms with E-state index in [1.807, 2.05) is 0 Å². The number of primary amides is 1. The Hall–Kier alpha value is -1.83. The summed E-state index contributed by atoms with van der Waals surface area (Å²) in [4.78, 5) is 22.5. The van der Waals surface area contributed by atoms with E-state index < -0.39 is 6.03 Å². The molecule has 0 saturated carbocycles. The predicted molar refractivity (Wildman–Crippen MR) is 87.2 cm³/mol. The molecule has 124 valence electrons. The fraction of sp³-hybridized carbons (Fsp3) is 0.429. The maximum Gasteiger partial charge on any atom is 0.312 e. The van der Waals surface area contributed by atoms with Crippen LogP contribution in [-0.4, -0.2) is 45.3 Å². The second kappa shape index (κ2) is 11.8.